The average molecular weight is 166 g/mol. The van der Waals surface area contributed by atoms with Crippen LogP contribution in [0.2, 0.25) is 0 Å². The van der Waals surface area contributed by atoms with Gasteiger partial charge in [0.1, 0.15) is 0 Å². The summed E-state index contributed by atoms with van der Waals surface area (Å²) in [6, 6.07) is 0. The van der Waals surface area contributed by atoms with Gasteiger partial charge in [-0.05, 0) is 24.5 Å². The molecule has 0 amide bonds. The van der Waals surface area contributed by atoms with Crippen molar-refractivity contribution < 1.29 is 9.47 Å². The molecule has 0 bridgehead atoms. The van der Waals surface area contributed by atoms with Crippen molar-refractivity contribution >= 4 is 0 Å². The molecule has 0 spiro atoms. The van der Waals surface area contributed by atoms with Gasteiger partial charge in [0.2, 0.25) is 0 Å². The predicted molar refractivity (Wildman–Crippen MR) is 46.5 cm³/mol. The van der Waals surface area contributed by atoms with Crippen molar-refractivity contribution in [1.82, 2.24) is 0 Å². The summed E-state index contributed by atoms with van der Waals surface area (Å²) in [5, 5.41) is 0. The lowest BCUT2D eigenvalue weighted by molar-refractivity contribution is 0.212. The Morgan fingerprint density at radius 1 is 1.25 bits per heavy atom. The van der Waals surface area contributed by atoms with Crippen LogP contribution in [-0.2, 0) is 9.47 Å². The molecule has 1 atom stereocenters. The summed E-state index contributed by atoms with van der Waals surface area (Å²) in [4.78, 5) is 0. The van der Waals surface area contributed by atoms with E-state index in [9.17, 15) is 0 Å². The normalized spacial score (nSPS) is 28.6. The number of fused-ring (bicyclic) bond motifs is 1. The van der Waals surface area contributed by atoms with E-state index in [0.29, 0.717) is 5.92 Å². The van der Waals surface area contributed by atoms with Gasteiger partial charge >= 0.3 is 0 Å². The highest BCUT2D eigenvalue weighted by Crippen LogP contribution is 2.26. The van der Waals surface area contributed by atoms with Crippen molar-refractivity contribution in [3.05, 3.63) is 23.7 Å². The van der Waals surface area contributed by atoms with Crippen molar-refractivity contribution in [3.63, 3.8) is 0 Å². The van der Waals surface area contributed by atoms with Gasteiger partial charge in [-0.3, -0.25) is 0 Å². The number of allylic oxidation sites excluding steroid dienone is 2. The first-order valence-corrected chi connectivity index (χ1v) is 4.54. The summed E-state index contributed by atoms with van der Waals surface area (Å²) in [6.45, 7) is 3.77. The van der Waals surface area contributed by atoms with Gasteiger partial charge in [-0.2, -0.15) is 0 Å². The predicted octanol–water partition coefficient (Wildman–Crippen LogP) is 2.23. The molecule has 2 nitrogen and oxygen atoms in total. The second-order valence-electron chi connectivity index (χ2n) is 3.36. The van der Waals surface area contributed by atoms with Crippen LogP contribution in [0, 0.1) is 5.92 Å². The van der Waals surface area contributed by atoms with E-state index >= 15 is 0 Å². The molecule has 2 rings (SSSR count). The lowest BCUT2D eigenvalue weighted by Gasteiger charge is -2.16. The molecule has 0 saturated carbocycles. The topological polar surface area (TPSA) is 18.5 Å². The molecule has 1 unspecified atom stereocenters. The van der Waals surface area contributed by atoms with Gasteiger partial charge in [0, 0.05) is 6.42 Å². The maximum atomic E-state index is 5.55. The lowest BCUT2D eigenvalue weighted by Crippen LogP contribution is -2.04. The molecule has 1 aliphatic carbocycles. The van der Waals surface area contributed by atoms with E-state index in [1.807, 2.05) is 0 Å². The fourth-order valence-corrected chi connectivity index (χ4v) is 1.47. The monoisotopic (exact) mass is 166 g/mol. The molecule has 1 saturated heterocycles. The van der Waals surface area contributed by atoms with Gasteiger partial charge < -0.3 is 9.47 Å². The molecular weight excluding hydrogens is 152 g/mol. The third kappa shape index (κ3) is 1.47. The van der Waals surface area contributed by atoms with Crippen LogP contribution in [0.1, 0.15) is 19.8 Å². The van der Waals surface area contributed by atoms with Crippen LogP contribution in [0.3, 0.4) is 0 Å². The Bertz CT molecular complexity index is 228. The van der Waals surface area contributed by atoms with Crippen molar-refractivity contribution in [1.29, 1.82) is 0 Å². The average Bonchev–Trinajstić information content (AvgIpc) is 2.28. The first-order valence-electron chi connectivity index (χ1n) is 4.54. The third-order valence-corrected chi connectivity index (χ3v) is 2.16. The fourth-order valence-electron chi connectivity index (χ4n) is 1.47. The molecule has 2 heteroatoms. The molecule has 1 aliphatic heterocycles. The van der Waals surface area contributed by atoms with Crippen LogP contribution < -0.4 is 0 Å². The zero-order chi connectivity index (χ0) is 8.39. The number of hydrogen-bond acceptors (Lipinski definition) is 2. The molecule has 1 fully saturated rings. The molecule has 66 valence electrons. The van der Waals surface area contributed by atoms with Gasteiger partial charge in [0.15, 0.2) is 11.5 Å². The summed E-state index contributed by atoms with van der Waals surface area (Å²) >= 11 is 0. The highest BCUT2D eigenvalue weighted by molar-refractivity contribution is 5.25. The number of hydrogen-bond donors (Lipinski definition) is 0. The second-order valence-corrected chi connectivity index (χ2v) is 3.36. The van der Waals surface area contributed by atoms with E-state index in [1.165, 1.54) is 0 Å². The standard InChI is InChI=1S/C10H14O2/c1-8-3-4-9-10(7-8)12-6-2-5-11-9/h4,7-8H,2-3,5-6H2,1H3. The smallest absolute Gasteiger partial charge is 0.157 e. The largest absolute Gasteiger partial charge is 0.490 e. The first-order chi connectivity index (χ1) is 5.86. The molecule has 2 aliphatic rings. The summed E-state index contributed by atoms with van der Waals surface area (Å²) < 4.78 is 11.1. The van der Waals surface area contributed by atoms with Crippen molar-refractivity contribution in [2.45, 2.75) is 19.8 Å². The van der Waals surface area contributed by atoms with E-state index in [0.717, 1.165) is 37.6 Å². The summed E-state index contributed by atoms with van der Waals surface area (Å²) in [6.07, 6.45) is 6.34. The Morgan fingerprint density at radius 3 is 2.83 bits per heavy atom. The molecule has 12 heavy (non-hydrogen) atoms. The van der Waals surface area contributed by atoms with E-state index in [1.54, 1.807) is 0 Å². The van der Waals surface area contributed by atoms with Gasteiger partial charge in [-0.1, -0.05) is 6.92 Å². The summed E-state index contributed by atoms with van der Waals surface area (Å²) in [5.41, 5.74) is 0. The Hall–Kier alpha value is -0.920. The Morgan fingerprint density at radius 2 is 2.00 bits per heavy atom. The zero-order valence-corrected chi connectivity index (χ0v) is 7.38. The second kappa shape index (κ2) is 3.21. The molecule has 0 aromatic rings. The van der Waals surface area contributed by atoms with E-state index in [4.69, 9.17) is 9.47 Å². The van der Waals surface area contributed by atoms with Crippen LogP contribution in [-0.4, -0.2) is 13.2 Å². The van der Waals surface area contributed by atoms with Crippen LogP contribution in [0.5, 0.6) is 0 Å². The van der Waals surface area contributed by atoms with E-state index in [-0.39, 0.29) is 0 Å². The number of rotatable bonds is 0. The molecular formula is C10H14O2. The Kier molecular flexibility index (Phi) is 2.07. The molecule has 0 radical (unpaired) electrons. The zero-order valence-electron chi connectivity index (χ0n) is 7.38. The minimum atomic E-state index is 0.588. The first kappa shape index (κ1) is 7.71. The van der Waals surface area contributed by atoms with Gasteiger partial charge in [-0.15, -0.1) is 0 Å². The van der Waals surface area contributed by atoms with Gasteiger partial charge in [-0.25, -0.2) is 0 Å². The van der Waals surface area contributed by atoms with Crippen molar-refractivity contribution in [2.75, 3.05) is 13.2 Å². The molecule has 1 heterocycles. The summed E-state index contributed by atoms with van der Waals surface area (Å²) in [5.74, 6) is 2.49. The molecule has 0 aromatic carbocycles. The Balaban J connectivity index is 2.18. The highest BCUT2D eigenvalue weighted by atomic mass is 16.5. The van der Waals surface area contributed by atoms with Crippen LogP contribution in [0.15, 0.2) is 23.7 Å². The SMILES string of the molecule is CC1C=C2OCCCOC2=CC1. The Labute approximate surface area is 72.9 Å². The van der Waals surface area contributed by atoms with Crippen LogP contribution in [0.4, 0.5) is 0 Å². The number of ether oxygens (including phenoxy) is 2. The highest BCUT2D eigenvalue weighted by Gasteiger charge is 2.17. The van der Waals surface area contributed by atoms with Crippen molar-refractivity contribution in [2.24, 2.45) is 5.92 Å². The van der Waals surface area contributed by atoms with Gasteiger partial charge in [0.05, 0.1) is 13.2 Å². The quantitative estimate of drug-likeness (QED) is 0.549. The van der Waals surface area contributed by atoms with Gasteiger partial charge in [0.25, 0.3) is 0 Å². The van der Waals surface area contributed by atoms with Crippen LogP contribution >= 0.6 is 0 Å². The minimum Gasteiger partial charge on any atom is -0.490 e. The third-order valence-electron chi connectivity index (χ3n) is 2.16. The van der Waals surface area contributed by atoms with E-state index in [2.05, 4.69) is 19.1 Å². The van der Waals surface area contributed by atoms with Crippen LogP contribution in [0.25, 0.3) is 0 Å². The molecule has 0 aromatic heterocycles. The van der Waals surface area contributed by atoms with E-state index < -0.39 is 0 Å². The maximum absolute atomic E-state index is 5.55. The minimum absolute atomic E-state index is 0.588. The molecule has 0 N–H and O–H groups in total. The lowest BCUT2D eigenvalue weighted by atomic mass is 10.0. The fraction of sp³-hybridized carbons (Fsp3) is 0.600. The summed E-state index contributed by atoms with van der Waals surface area (Å²) in [7, 11) is 0. The van der Waals surface area contributed by atoms with Crippen molar-refractivity contribution in [3.8, 4) is 0 Å². The maximum Gasteiger partial charge on any atom is 0.157 e.